The second-order valence-electron chi connectivity index (χ2n) is 4.69. The molecule has 1 aromatic carbocycles. The van der Waals surface area contributed by atoms with Gasteiger partial charge in [0.2, 0.25) is 0 Å². The Hall–Kier alpha value is -0.137. The van der Waals surface area contributed by atoms with E-state index in [0.29, 0.717) is 3.63 Å². The van der Waals surface area contributed by atoms with Gasteiger partial charge in [-0.05, 0) is 0 Å². The van der Waals surface area contributed by atoms with E-state index in [4.69, 9.17) is 5.11 Å². The number of aliphatic hydroxyl groups excluding tert-OH is 1. The third-order valence-electron chi connectivity index (χ3n) is 3.54. The Labute approximate surface area is 144 Å². The van der Waals surface area contributed by atoms with Crippen molar-refractivity contribution < 1.29 is 53.2 Å². The Kier molecular flexibility index (Phi) is 7.47. The molecule has 1 nitrogen and oxygen atoms in total. The van der Waals surface area contributed by atoms with Crippen LogP contribution in [0.25, 0.3) is 6.08 Å². The fraction of sp³-hybridized carbons (Fsp3) is 0.250. The van der Waals surface area contributed by atoms with Crippen molar-refractivity contribution in [3.05, 3.63) is 62.5 Å². The van der Waals surface area contributed by atoms with E-state index < -0.39 is 23.2 Å². The summed E-state index contributed by atoms with van der Waals surface area (Å²) >= 11 is -0.603. The smallest absolute Gasteiger partial charge is 1.00 e. The third-order valence-corrected chi connectivity index (χ3v) is 7.69. The first-order valence-corrected chi connectivity index (χ1v) is 9.06. The average molecular weight is 386 g/mol. The molecule has 0 heterocycles. The molecular weight excluding hydrogens is 370 g/mol. The van der Waals surface area contributed by atoms with E-state index in [9.17, 15) is 0 Å². The second-order valence-corrected chi connectivity index (χ2v) is 8.42. The van der Waals surface area contributed by atoms with Gasteiger partial charge in [0.25, 0.3) is 0 Å². The number of rotatable bonds is 4. The maximum atomic E-state index is 9.10. The van der Waals surface area contributed by atoms with Crippen LogP contribution in [0.5, 0.6) is 0 Å². The Morgan fingerprint density at radius 2 is 1.95 bits per heavy atom. The average Bonchev–Trinajstić information content (AvgIpc) is 2.99. The van der Waals surface area contributed by atoms with Crippen molar-refractivity contribution in [2.45, 2.75) is 16.5 Å². The molecule has 0 fully saturated rings. The molecular formula is C16H16Cl2OZr. The predicted molar refractivity (Wildman–Crippen MR) is 70.7 cm³/mol. The summed E-state index contributed by atoms with van der Waals surface area (Å²) in [6.07, 6.45) is 11.1. The standard InChI is InChI=1S/C9H7.C7H9O.2ClH.Zr/c1-2-5-9-7-3-6-8(9)4-1;8-6-5-7-3-1-2-4-7;;;/h1-7H;1,3,8H,2,5-6H2;2*1H;/q;;;;+2/p-2. The van der Waals surface area contributed by atoms with Gasteiger partial charge in [-0.2, -0.15) is 0 Å². The minimum atomic E-state index is -0.603. The molecule has 4 heteroatoms. The van der Waals surface area contributed by atoms with Crippen LogP contribution in [-0.2, 0) is 23.2 Å². The van der Waals surface area contributed by atoms with Crippen molar-refractivity contribution in [1.29, 1.82) is 0 Å². The number of hydrogen-bond acceptors (Lipinski definition) is 1. The fourth-order valence-electron chi connectivity index (χ4n) is 2.62. The zero-order valence-electron chi connectivity index (χ0n) is 11.0. The molecule has 0 saturated carbocycles. The summed E-state index contributed by atoms with van der Waals surface area (Å²) in [6, 6.07) is 8.75. The van der Waals surface area contributed by atoms with Crippen LogP contribution in [0.2, 0.25) is 0 Å². The molecule has 0 aliphatic heterocycles. The molecule has 1 unspecified atom stereocenters. The largest absolute Gasteiger partial charge is 1.00 e. The summed E-state index contributed by atoms with van der Waals surface area (Å²) in [4.78, 5) is 0. The van der Waals surface area contributed by atoms with Crippen LogP contribution in [0.15, 0.2) is 51.3 Å². The summed E-state index contributed by atoms with van der Waals surface area (Å²) < 4.78 is 2.35. The van der Waals surface area contributed by atoms with Gasteiger partial charge >= 0.3 is 120 Å². The number of halogens is 2. The van der Waals surface area contributed by atoms with Gasteiger partial charge in [-0.15, -0.1) is 0 Å². The Morgan fingerprint density at radius 3 is 2.75 bits per heavy atom. The summed E-state index contributed by atoms with van der Waals surface area (Å²) in [7, 11) is 0. The van der Waals surface area contributed by atoms with Crippen molar-refractivity contribution in [1.82, 2.24) is 0 Å². The zero-order valence-corrected chi connectivity index (χ0v) is 15.0. The Balaban J connectivity index is 0.000001000. The monoisotopic (exact) mass is 384 g/mol. The molecule has 0 amide bonds. The maximum Gasteiger partial charge on any atom is -1.00 e. The molecule has 20 heavy (non-hydrogen) atoms. The predicted octanol–water partition coefficient (Wildman–Crippen LogP) is -2.56. The van der Waals surface area contributed by atoms with Crippen LogP contribution in [-0.4, -0.2) is 11.7 Å². The van der Waals surface area contributed by atoms with Crippen LogP contribution in [0.4, 0.5) is 0 Å². The van der Waals surface area contributed by atoms with E-state index in [0.717, 1.165) is 12.8 Å². The molecule has 1 atom stereocenters. The van der Waals surface area contributed by atoms with E-state index in [1.807, 2.05) is 0 Å². The number of fused-ring (bicyclic) bond motifs is 1. The van der Waals surface area contributed by atoms with Gasteiger partial charge in [-0.3, -0.25) is 0 Å². The van der Waals surface area contributed by atoms with E-state index in [1.165, 1.54) is 16.7 Å². The Bertz CT molecular complexity index is 549. The van der Waals surface area contributed by atoms with Crippen LogP contribution in [0.1, 0.15) is 27.6 Å². The molecule has 0 aromatic heterocycles. The van der Waals surface area contributed by atoms with Gasteiger partial charge in [0.05, 0.1) is 0 Å². The van der Waals surface area contributed by atoms with Gasteiger partial charge in [0.1, 0.15) is 0 Å². The van der Waals surface area contributed by atoms with Crippen molar-refractivity contribution in [2.24, 2.45) is 0 Å². The van der Waals surface area contributed by atoms with Crippen molar-refractivity contribution in [2.75, 3.05) is 6.61 Å². The molecule has 3 rings (SSSR count). The zero-order chi connectivity index (χ0) is 12.4. The third kappa shape index (κ3) is 3.74. The molecule has 104 valence electrons. The fourth-order valence-corrected chi connectivity index (χ4v) is 6.59. The minimum Gasteiger partial charge on any atom is -1.00 e. The molecule has 0 spiro atoms. The topological polar surface area (TPSA) is 20.2 Å². The first-order valence-electron chi connectivity index (χ1n) is 6.41. The van der Waals surface area contributed by atoms with Crippen LogP contribution >= 0.6 is 0 Å². The van der Waals surface area contributed by atoms with Gasteiger partial charge in [-0.25, -0.2) is 0 Å². The van der Waals surface area contributed by atoms with Gasteiger partial charge in [0, 0.05) is 0 Å². The number of hydrogen-bond donors (Lipinski definition) is 1. The summed E-state index contributed by atoms with van der Waals surface area (Å²) in [6.45, 7) is 0.277. The molecule has 1 N–H and O–H groups in total. The molecule has 0 bridgehead atoms. The first-order chi connectivity index (χ1) is 8.88. The summed E-state index contributed by atoms with van der Waals surface area (Å²) in [5.41, 5.74) is 4.34. The van der Waals surface area contributed by atoms with Crippen molar-refractivity contribution >= 4 is 6.08 Å². The molecule has 2 aliphatic rings. The maximum absolute atomic E-state index is 9.10. The van der Waals surface area contributed by atoms with Crippen LogP contribution in [0.3, 0.4) is 0 Å². The van der Waals surface area contributed by atoms with Crippen LogP contribution in [0, 0.1) is 0 Å². The van der Waals surface area contributed by atoms with Gasteiger partial charge in [0.15, 0.2) is 0 Å². The molecule has 1 aromatic rings. The minimum absolute atomic E-state index is 0. The van der Waals surface area contributed by atoms with E-state index in [1.54, 1.807) is 3.28 Å². The summed E-state index contributed by atoms with van der Waals surface area (Å²) in [5.74, 6) is 0. The molecule has 0 saturated heterocycles. The van der Waals surface area contributed by atoms with E-state index >= 15 is 0 Å². The number of aliphatic hydroxyl groups is 1. The van der Waals surface area contributed by atoms with Crippen LogP contribution < -0.4 is 24.8 Å². The number of allylic oxidation sites excluding steroid dienone is 4. The Morgan fingerprint density at radius 1 is 1.15 bits per heavy atom. The first kappa shape index (κ1) is 17.9. The molecule has 2 aliphatic carbocycles. The van der Waals surface area contributed by atoms with E-state index in [-0.39, 0.29) is 31.4 Å². The number of benzene rings is 1. The normalized spacial score (nSPS) is 18.4. The SMILES string of the molecule is OCCC1=[C]([Zr+2][CH]2C=Cc3ccccc32)CC=C1.[Cl-].[Cl-]. The van der Waals surface area contributed by atoms with Gasteiger partial charge < -0.3 is 24.8 Å². The summed E-state index contributed by atoms with van der Waals surface area (Å²) in [5, 5.41) is 9.10. The second kappa shape index (κ2) is 8.34. The quantitative estimate of drug-likeness (QED) is 0.604. The molecule has 0 radical (unpaired) electrons. The van der Waals surface area contributed by atoms with Crippen molar-refractivity contribution in [3.8, 4) is 0 Å². The van der Waals surface area contributed by atoms with E-state index in [2.05, 4.69) is 48.6 Å². The van der Waals surface area contributed by atoms with Crippen molar-refractivity contribution in [3.63, 3.8) is 0 Å². The van der Waals surface area contributed by atoms with Gasteiger partial charge in [-0.1, -0.05) is 0 Å².